The first-order valence-electron chi connectivity index (χ1n) is 12.3. The highest BCUT2D eigenvalue weighted by Crippen LogP contribution is 2.48. The fraction of sp³-hybridized carbons (Fsp3) is 0.704. The Bertz CT molecular complexity index is 702. The first-order valence-corrected chi connectivity index (χ1v) is 12.3. The van der Waals surface area contributed by atoms with E-state index in [-0.39, 0.29) is 5.92 Å². The molecule has 0 spiro atoms. The van der Waals surface area contributed by atoms with Crippen molar-refractivity contribution in [1.29, 1.82) is 0 Å². The van der Waals surface area contributed by atoms with Crippen LogP contribution in [0.1, 0.15) is 87.8 Å². The Hall–Kier alpha value is -1.18. The summed E-state index contributed by atoms with van der Waals surface area (Å²) in [6.07, 6.45) is 15.9. The van der Waals surface area contributed by atoms with Gasteiger partial charge in [0.1, 0.15) is 0 Å². The Kier molecular flexibility index (Phi) is 7.08. The van der Waals surface area contributed by atoms with E-state index in [2.05, 4.69) is 25.1 Å². The minimum atomic E-state index is -1.48. The second-order valence-electron chi connectivity index (χ2n) is 10.2. The minimum absolute atomic E-state index is 0.130. The van der Waals surface area contributed by atoms with Crippen LogP contribution in [0.5, 0.6) is 0 Å². The number of hydrogen-bond donors (Lipinski definition) is 0. The van der Waals surface area contributed by atoms with Gasteiger partial charge in [-0.1, -0.05) is 38.0 Å². The molecule has 0 aliphatic heterocycles. The van der Waals surface area contributed by atoms with Crippen LogP contribution in [-0.2, 0) is 19.3 Å². The Balaban J connectivity index is 1.32. The molecule has 0 radical (unpaired) electrons. The Morgan fingerprint density at radius 2 is 1.66 bits per heavy atom. The largest absolute Gasteiger partial charge is 0.266 e. The molecule has 3 aliphatic rings. The summed E-state index contributed by atoms with van der Waals surface area (Å²) in [5, 5.41) is 0. The molecule has 4 rings (SSSR count). The molecule has 1 aromatic carbocycles. The molecule has 0 nitrogen and oxygen atoms in total. The number of halogens is 2. The van der Waals surface area contributed by atoms with Gasteiger partial charge in [-0.05, 0) is 123 Å². The lowest BCUT2D eigenvalue weighted by Crippen LogP contribution is -2.34. The fourth-order valence-electron chi connectivity index (χ4n) is 6.69. The Morgan fingerprint density at radius 1 is 0.897 bits per heavy atom. The number of aryl methyl sites for hydroxylation is 2. The number of allylic oxidation sites excluding steroid dienone is 1. The highest BCUT2D eigenvalue weighted by atomic mass is 19.3. The van der Waals surface area contributed by atoms with Gasteiger partial charge in [0.15, 0.2) is 0 Å². The van der Waals surface area contributed by atoms with Crippen molar-refractivity contribution < 1.29 is 8.78 Å². The first kappa shape index (κ1) is 21.1. The Morgan fingerprint density at radius 3 is 2.45 bits per heavy atom. The number of benzene rings is 1. The van der Waals surface area contributed by atoms with E-state index >= 15 is 0 Å². The number of rotatable bonds is 6. The van der Waals surface area contributed by atoms with E-state index in [0.29, 0.717) is 5.92 Å². The summed E-state index contributed by atoms with van der Waals surface area (Å²) in [4.78, 5) is 0. The average molecular weight is 401 g/mol. The molecule has 3 unspecified atom stereocenters. The number of hydrogen-bond acceptors (Lipinski definition) is 0. The highest BCUT2D eigenvalue weighted by molar-refractivity contribution is 5.34. The molecule has 0 amide bonds. The van der Waals surface area contributed by atoms with Crippen LogP contribution in [0.15, 0.2) is 30.4 Å². The third-order valence-electron chi connectivity index (χ3n) is 8.33. The van der Waals surface area contributed by atoms with Gasteiger partial charge in [-0.2, -0.15) is 8.78 Å². The SMILES string of the molecule is CCCCCc1ccc2c(c1)CCC(C1CCC3C[C@H](C=C(F)F)CC[C@@H]3C1)C2. The average Bonchev–Trinajstić information content (AvgIpc) is 2.73. The minimum Gasteiger partial charge on any atom is -0.174 e. The zero-order valence-electron chi connectivity index (χ0n) is 18.1. The zero-order chi connectivity index (χ0) is 20.2. The molecule has 0 heterocycles. The van der Waals surface area contributed by atoms with Gasteiger partial charge in [-0.15, -0.1) is 0 Å². The summed E-state index contributed by atoms with van der Waals surface area (Å²) in [5.41, 5.74) is 4.76. The Labute approximate surface area is 176 Å². The molecule has 29 heavy (non-hydrogen) atoms. The molecule has 2 heteroatoms. The normalized spacial score (nSPS) is 31.6. The predicted octanol–water partition coefficient (Wildman–Crippen LogP) is 8.14. The lowest BCUT2D eigenvalue weighted by molar-refractivity contribution is 0.0803. The van der Waals surface area contributed by atoms with Crippen molar-refractivity contribution in [3.63, 3.8) is 0 Å². The molecule has 0 saturated heterocycles. The van der Waals surface area contributed by atoms with Crippen LogP contribution < -0.4 is 0 Å². The smallest absolute Gasteiger partial charge is 0.174 e. The molecule has 1 aromatic rings. The highest BCUT2D eigenvalue weighted by Gasteiger charge is 2.38. The maximum absolute atomic E-state index is 12.6. The van der Waals surface area contributed by atoms with Gasteiger partial charge >= 0.3 is 0 Å². The van der Waals surface area contributed by atoms with Crippen LogP contribution in [0.3, 0.4) is 0 Å². The van der Waals surface area contributed by atoms with Gasteiger partial charge in [-0.25, -0.2) is 0 Å². The van der Waals surface area contributed by atoms with Crippen LogP contribution >= 0.6 is 0 Å². The van der Waals surface area contributed by atoms with E-state index in [0.717, 1.165) is 30.6 Å². The van der Waals surface area contributed by atoms with Crippen LogP contribution in [-0.4, -0.2) is 0 Å². The molecule has 5 atom stereocenters. The summed E-state index contributed by atoms with van der Waals surface area (Å²) in [5.74, 6) is 3.32. The van der Waals surface area contributed by atoms with Crippen molar-refractivity contribution >= 4 is 0 Å². The van der Waals surface area contributed by atoms with Crippen molar-refractivity contribution in [2.24, 2.45) is 29.6 Å². The van der Waals surface area contributed by atoms with E-state index < -0.39 is 6.08 Å². The number of fused-ring (bicyclic) bond motifs is 2. The van der Waals surface area contributed by atoms with E-state index in [9.17, 15) is 8.78 Å². The molecule has 0 aromatic heterocycles. The molecule has 0 N–H and O–H groups in total. The van der Waals surface area contributed by atoms with Crippen LogP contribution in [0, 0.1) is 29.6 Å². The van der Waals surface area contributed by atoms with Gasteiger partial charge in [-0.3, -0.25) is 0 Å². The summed E-state index contributed by atoms with van der Waals surface area (Å²) in [6, 6.07) is 7.31. The second-order valence-corrected chi connectivity index (χ2v) is 10.2. The molecule has 3 aliphatic carbocycles. The van der Waals surface area contributed by atoms with E-state index in [1.54, 1.807) is 11.1 Å². The fourth-order valence-corrected chi connectivity index (χ4v) is 6.69. The van der Waals surface area contributed by atoms with Crippen molar-refractivity contribution in [2.75, 3.05) is 0 Å². The van der Waals surface area contributed by atoms with Crippen molar-refractivity contribution in [2.45, 2.75) is 90.4 Å². The molecular weight excluding hydrogens is 362 g/mol. The standard InChI is InChI=1S/C27H38F2/c1-2-3-4-5-19-6-8-23-17-25(12-10-21(23)14-19)26-13-11-22-15-20(16-27(28)29)7-9-24(22)18-26/h6,8,14,16,20,22,24-26H,2-5,7,9-13,15,17-18H2,1H3/t20-,22?,24-,25?,26?/m1/s1. The topological polar surface area (TPSA) is 0 Å². The van der Waals surface area contributed by atoms with Gasteiger partial charge in [0.05, 0.1) is 0 Å². The number of unbranched alkanes of at least 4 members (excludes halogenated alkanes) is 2. The van der Waals surface area contributed by atoms with Crippen molar-refractivity contribution in [1.82, 2.24) is 0 Å². The van der Waals surface area contributed by atoms with Crippen molar-refractivity contribution in [3.05, 3.63) is 47.0 Å². The second kappa shape index (κ2) is 9.75. The van der Waals surface area contributed by atoms with Crippen LogP contribution in [0.25, 0.3) is 0 Å². The third kappa shape index (κ3) is 5.30. The van der Waals surface area contributed by atoms with Crippen LogP contribution in [0.2, 0.25) is 0 Å². The maximum Gasteiger partial charge on any atom is 0.266 e. The van der Waals surface area contributed by atoms with Gasteiger partial charge in [0.25, 0.3) is 6.08 Å². The van der Waals surface area contributed by atoms with Gasteiger partial charge < -0.3 is 0 Å². The van der Waals surface area contributed by atoms with E-state index in [4.69, 9.17) is 0 Å². The molecule has 0 bridgehead atoms. The maximum atomic E-state index is 12.6. The predicted molar refractivity (Wildman–Crippen MR) is 117 cm³/mol. The third-order valence-corrected chi connectivity index (χ3v) is 8.33. The summed E-state index contributed by atoms with van der Waals surface area (Å²) in [6.45, 7) is 2.27. The van der Waals surface area contributed by atoms with Crippen LogP contribution in [0.4, 0.5) is 8.78 Å². The monoisotopic (exact) mass is 400 g/mol. The molecule has 2 saturated carbocycles. The molecule has 160 valence electrons. The van der Waals surface area contributed by atoms with E-state index in [1.807, 2.05) is 0 Å². The van der Waals surface area contributed by atoms with Gasteiger partial charge in [0.2, 0.25) is 0 Å². The summed E-state index contributed by atoms with van der Waals surface area (Å²) < 4.78 is 25.3. The summed E-state index contributed by atoms with van der Waals surface area (Å²) in [7, 11) is 0. The molecule has 2 fully saturated rings. The van der Waals surface area contributed by atoms with E-state index in [1.165, 1.54) is 82.3 Å². The first-order chi connectivity index (χ1) is 14.1. The lowest BCUT2D eigenvalue weighted by atomic mass is 9.61. The van der Waals surface area contributed by atoms with Crippen molar-refractivity contribution in [3.8, 4) is 0 Å². The quantitative estimate of drug-likeness (QED) is 0.423. The zero-order valence-corrected chi connectivity index (χ0v) is 18.1. The summed E-state index contributed by atoms with van der Waals surface area (Å²) >= 11 is 0. The van der Waals surface area contributed by atoms with Gasteiger partial charge in [0, 0.05) is 0 Å². The molecular formula is C27H38F2. The lowest BCUT2D eigenvalue weighted by Gasteiger charge is -2.44.